The fourth-order valence-electron chi connectivity index (χ4n) is 1.70. The van der Waals surface area contributed by atoms with Crippen LogP contribution in [0.2, 0.25) is 0 Å². The number of methoxy groups -OCH3 is 1. The van der Waals surface area contributed by atoms with Gasteiger partial charge in [0.1, 0.15) is 0 Å². The molecule has 0 saturated carbocycles. The number of anilines is 1. The van der Waals surface area contributed by atoms with Crippen LogP contribution in [0.4, 0.5) is 18.9 Å². The Morgan fingerprint density at radius 3 is 2.44 bits per heavy atom. The van der Waals surface area contributed by atoms with Crippen molar-refractivity contribution in [1.82, 2.24) is 0 Å². The SMILES string of the molecule is COCCN(CCN)c1ccccc1C(F)(F)F. The van der Waals surface area contributed by atoms with Crippen molar-refractivity contribution >= 4 is 5.69 Å². The van der Waals surface area contributed by atoms with E-state index in [2.05, 4.69) is 0 Å². The highest BCUT2D eigenvalue weighted by Crippen LogP contribution is 2.36. The zero-order valence-corrected chi connectivity index (χ0v) is 10.2. The van der Waals surface area contributed by atoms with Gasteiger partial charge in [0.2, 0.25) is 0 Å². The molecule has 0 aliphatic heterocycles. The molecular weight excluding hydrogens is 245 g/mol. The first-order valence-electron chi connectivity index (χ1n) is 5.61. The van der Waals surface area contributed by atoms with Crippen LogP contribution in [0, 0.1) is 0 Å². The van der Waals surface area contributed by atoms with Crippen LogP contribution in [0.3, 0.4) is 0 Å². The van der Waals surface area contributed by atoms with Gasteiger partial charge in [0.25, 0.3) is 0 Å². The number of nitrogens with zero attached hydrogens (tertiary/aromatic N) is 1. The molecule has 0 radical (unpaired) electrons. The van der Waals surface area contributed by atoms with Crippen LogP contribution < -0.4 is 10.6 Å². The van der Waals surface area contributed by atoms with Crippen molar-refractivity contribution < 1.29 is 17.9 Å². The molecular formula is C12H17F3N2O. The molecule has 0 aliphatic rings. The Morgan fingerprint density at radius 2 is 1.89 bits per heavy atom. The standard InChI is InChI=1S/C12H17F3N2O/c1-18-9-8-17(7-6-16)11-5-3-2-4-10(11)12(13,14)15/h2-5H,6-9,16H2,1H3. The van der Waals surface area contributed by atoms with Crippen molar-refractivity contribution in [2.24, 2.45) is 5.73 Å². The quantitative estimate of drug-likeness (QED) is 0.853. The average molecular weight is 262 g/mol. The summed E-state index contributed by atoms with van der Waals surface area (Å²) < 4.78 is 43.5. The van der Waals surface area contributed by atoms with Gasteiger partial charge in [-0.15, -0.1) is 0 Å². The van der Waals surface area contributed by atoms with Gasteiger partial charge >= 0.3 is 6.18 Å². The van der Waals surface area contributed by atoms with Crippen molar-refractivity contribution in [3.63, 3.8) is 0 Å². The van der Waals surface area contributed by atoms with Crippen LogP contribution in [0.25, 0.3) is 0 Å². The molecule has 1 aromatic rings. The van der Waals surface area contributed by atoms with E-state index >= 15 is 0 Å². The molecule has 0 unspecified atom stereocenters. The lowest BCUT2D eigenvalue weighted by Gasteiger charge is -2.27. The fraction of sp³-hybridized carbons (Fsp3) is 0.500. The summed E-state index contributed by atoms with van der Waals surface area (Å²) in [6.07, 6.45) is -4.36. The van der Waals surface area contributed by atoms with Gasteiger partial charge in [-0.2, -0.15) is 13.2 Å². The van der Waals surface area contributed by atoms with Crippen LogP contribution in [-0.2, 0) is 10.9 Å². The minimum Gasteiger partial charge on any atom is -0.383 e. The summed E-state index contributed by atoms with van der Waals surface area (Å²) in [6, 6.07) is 5.49. The highest BCUT2D eigenvalue weighted by Gasteiger charge is 2.34. The van der Waals surface area contributed by atoms with Gasteiger partial charge in [0.05, 0.1) is 12.2 Å². The summed E-state index contributed by atoms with van der Waals surface area (Å²) in [4.78, 5) is 1.59. The van der Waals surface area contributed by atoms with E-state index in [0.717, 1.165) is 6.07 Å². The van der Waals surface area contributed by atoms with E-state index in [0.29, 0.717) is 19.7 Å². The van der Waals surface area contributed by atoms with Crippen LogP contribution >= 0.6 is 0 Å². The number of ether oxygens (including phenoxy) is 1. The Morgan fingerprint density at radius 1 is 1.22 bits per heavy atom. The van der Waals surface area contributed by atoms with Crippen LogP contribution in [0.5, 0.6) is 0 Å². The number of rotatable bonds is 6. The number of halogens is 3. The van der Waals surface area contributed by atoms with Gasteiger partial charge in [-0.1, -0.05) is 12.1 Å². The van der Waals surface area contributed by atoms with E-state index < -0.39 is 11.7 Å². The Kier molecular flexibility index (Phi) is 5.43. The van der Waals surface area contributed by atoms with Gasteiger partial charge in [-0.05, 0) is 12.1 Å². The average Bonchev–Trinajstić information content (AvgIpc) is 2.33. The van der Waals surface area contributed by atoms with Gasteiger partial charge < -0.3 is 15.4 Å². The van der Waals surface area contributed by atoms with E-state index in [4.69, 9.17) is 10.5 Å². The predicted octanol–water partition coefficient (Wildman–Crippen LogP) is 2.12. The predicted molar refractivity (Wildman–Crippen MR) is 64.6 cm³/mol. The minimum absolute atomic E-state index is 0.146. The monoisotopic (exact) mass is 262 g/mol. The Bertz CT molecular complexity index is 369. The van der Waals surface area contributed by atoms with Crippen molar-refractivity contribution in [1.29, 1.82) is 0 Å². The first-order valence-corrected chi connectivity index (χ1v) is 5.61. The lowest BCUT2D eigenvalue weighted by Crippen LogP contribution is -2.33. The molecule has 2 N–H and O–H groups in total. The van der Waals surface area contributed by atoms with Gasteiger partial charge in [-0.3, -0.25) is 0 Å². The molecule has 18 heavy (non-hydrogen) atoms. The first kappa shape index (κ1) is 14.8. The molecule has 1 aromatic carbocycles. The molecule has 0 atom stereocenters. The smallest absolute Gasteiger partial charge is 0.383 e. The number of nitrogens with two attached hydrogens (primary N) is 1. The summed E-state index contributed by atoms with van der Waals surface area (Å²) >= 11 is 0. The third-order valence-corrected chi connectivity index (χ3v) is 2.51. The van der Waals surface area contributed by atoms with Gasteiger partial charge in [-0.25, -0.2) is 0 Å². The second-order valence-electron chi connectivity index (χ2n) is 3.78. The Balaban J connectivity index is 3.03. The molecule has 0 spiro atoms. The van der Waals surface area contributed by atoms with Gasteiger partial charge in [0.15, 0.2) is 0 Å². The van der Waals surface area contributed by atoms with E-state index in [1.807, 2.05) is 0 Å². The zero-order chi connectivity index (χ0) is 13.6. The molecule has 0 aliphatic carbocycles. The normalized spacial score (nSPS) is 11.6. The highest BCUT2D eigenvalue weighted by atomic mass is 19.4. The molecule has 0 fully saturated rings. The van der Waals surface area contributed by atoms with E-state index in [1.54, 1.807) is 11.0 Å². The van der Waals surface area contributed by atoms with Crippen molar-refractivity contribution in [3.8, 4) is 0 Å². The molecule has 3 nitrogen and oxygen atoms in total. The molecule has 0 aromatic heterocycles. The molecule has 102 valence electrons. The lowest BCUT2D eigenvalue weighted by molar-refractivity contribution is -0.137. The zero-order valence-electron chi connectivity index (χ0n) is 10.2. The summed E-state index contributed by atoms with van der Waals surface area (Å²) in [7, 11) is 1.51. The van der Waals surface area contributed by atoms with Crippen molar-refractivity contribution in [2.45, 2.75) is 6.18 Å². The van der Waals surface area contributed by atoms with Crippen LogP contribution in [-0.4, -0.2) is 33.4 Å². The maximum Gasteiger partial charge on any atom is 0.418 e. The summed E-state index contributed by atoms with van der Waals surface area (Å²) in [5, 5.41) is 0. The molecule has 0 amide bonds. The van der Waals surface area contributed by atoms with Crippen LogP contribution in [0.1, 0.15) is 5.56 Å². The van der Waals surface area contributed by atoms with E-state index in [-0.39, 0.29) is 12.2 Å². The maximum atomic E-state index is 12.9. The van der Waals surface area contributed by atoms with E-state index in [1.165, 1.54) is 19.2 Å². The van der Waals surface area contributed by atoms with E-state index in [9.17, 15) is 13.2 Å². The maximum absolute atomic E-state index is 12.9. The summed E-state index contributed by atoms with van der Waals surface area (Å²) in [5.74, 6) is 0. The molecule has 0 bridgehead atoms. The summed E-state index contributed by atoms with van der Waals surface area (Å²) in [6.45, 7) is 1.37. The number of alkyl halides is 3. The third kappa shape index (κ3) is 3.89. The summed E-state index contributed by atoms with van der Waals surface area (Å²) in [5.41, 5.74) is 4.94. The number of benzene rings is 1. The molecule has 0 saturated heterocycles. The minimum atomic E-state index is -4.36. The lowest BCUT2D eigenvalue weighted by atomic mass is 10.1. The second kappa shape index (κ2) is 6.61. The molecule has 6 heteroatoms. The van der Waals surface area contributed by atoms with Crippen molar-refractivity contribution in [2.75, 3.05) is 38.3 Å². The Hall–Kier alpha value is -1.27. The topological polar surface area (TPSA) is 38.5 Å². The van der Waals surface area contributed by atoms with Crippen LogP contribution in [0.15, 0.2) is 24.3 Å². The molecule has 0 heterocycles. The number of para-hydroxylation sites is 1. The fourth-order valence-corrected chi connectivity index (χ4v) is 1.70. The molecule has 1 rings (SSSR count). The van der Waals surface area contributed by atoms with Gasteiger partial charge in [0, 0.05) is 32.4 Å². The third-order valence-electron chi connectivity index (χ3n) is 2.51. The number of hydrogen-bond donors (Lipinski definition) is 1. The highest BCUT2D eigenvalue weighted by molar-refractivity contribution is 5.55. The Labute approximate surface area is 104 Å². The second-order valence-corrected chi connectivity index (χ2v) is 3.78. The van der Waals surface area contributed by atoms with Crippen molar-refractivity contribution in [3.05, 3.63) is 29.8 Å². The number of hydrogen-bond acceptors (Lipinski definition) is 3. The largest absolute Gasteiger partial charge is 0.418 e. The first-order chi connectivity index (χ1) is 8.50.